The summed E-state index contributed by atoms with van der Waals surface area (Å²) in [5, 5.41) is 0. The first-order valence-electron chi connectivity index (χ1n) is 6.00. The van der Waals surface area contributed by atoms with Crippen LogP contribution in [0.3, 0.4) is 0 Å². The number of alkyl halides is 1. The van der Waals surface area contributed by atoms with Gasteiger partial charge in [0.15, 0.2) is 0 Å². The SMILES string of the molecule is COc1cc(C)nc(COc2cccc(CCl)c2)c1. The molecule has 0 unspecified atom stereocenters. The number of hydrogen-bond acceptors (Lipinski definition) is 3. The Labute approximate surface area is 118 Å². The molecule has 2 aromatic rings. The molecule has 2 rings (SSSR count). The maximum atomic E-state index is 5.79. The van der Waals surface area contributed by atoms with Crippen molar-refractivity contribution < 1.29 is 9.47 Å². The predicted molar refractivity (Wildman–Crippen MR) is 75.9 cm³/mol. The summed E-state index contributed by atoms with van der Waals surface area (Å²) in [5.74, 6) is 2.06. The molecule has 3 nitrogen and oxygen atoms in total. The first-order valence-corrected chi connectivity index (χ1v) is 6.54. The van der Waals surface area contributed by atoms with Crippen molar-refractivity contribution in [3.63, 3.8) is 0 Å². The molecule has 0 aliphatic carbocycles. The molecular weight excluding hydrogens is 262 g/mol. The molecule has 1 aromatic carbocycles. The van der Waals surface area contributed by atoms with Gasteiger partial charge in [-0.1, -0.05) is 12.1 Å². The fourth-order valence-electron chi connectivity index (χ4n) is 1.77. The molecule has 1 heterocycles. The minimum absolute atomic E-state index is 0.407. The van der Waals surface area contributed by atoms with Crippen LogP contribution in [0.4, 0.5) is 0 Å². The van der Waals surface area contributed by atoms with E-state index >= 15 is 0 Å². The summed E-state index contributed by atoms with van der Waals surface area (Å²) < 4.78 is 10.9. The first-order chi connectivity index (χ1) is 9.21. The van der Waals surface area contributed by atoms with E-state index in [1.165, 1.54) is 0 Å². The fourth-order valence-corrected chi connectivity index (χ4v) is 1.94. The van der Waals surface area contributed by atoms with Crippen LogP contribution >= 0.6 is 11.6 Å². The van der Waals surface area contributed by atoms with Gasteiger partial charge in [0.2, 0.25) is 0 Å². The summed E-state index contributed by atoms with van der Waals surface area (Å²) in [5.41, 5.74) is 2.79. The van der Waals surface area contributed by atoms with E-state index in [0.29, 0.717) is 12.5 Å². The molecule has 19 heavy (non-hydrogen) atoms. The molecule has 0 amide bonds. The van der Waals surface area contributed by atoms with E-state index in [0.717, 1.165) is 28.5 Å². The standard InChI is InChI=1S/C15H16ClNO2/c1-11-6-15(18-2)8-13(17-11)10-19-14-5-3-4-12(7-14)9-16/h3-8H,9-10H2,1-2H3. The number of aromatic nitrogens is 1. The molecule has 0 spiro atoms. The second kappa shape index (κ2) is 6.43. The highest BCUT2D eigenvalue weighted by atomic mass is 35.5. The van der Waals surface area contributed by atoms with Crippen LogP contribution < -0.4 is 9.47 Å². The lowest BCUT2D eigenvalue weighted by atomic mass is 10.2. The van der Waals surface area contributed by atoms with E-state index in [4.69, 9.17) is 21.1 Å². The average Bonchev–Trinajstić information content (AvgIpc) is 2.44. The lowest BCUT2D eigenvalue weighted by Crippen LogP contribution is -2.00. The molecular formula is C15H16ClNO2. The first kappa shape index (κ1) is 13.7. The second-order valence-corrected chi connectivity index (χ2v) is 4.48. The van der Waals surface area contributed by atoms with Crippen molar-refractivity contribution in [3.8, 4) is 11.5 Å². The Morgan fingerprint density at radius 2 is 2.00 bits per heavy atom. The van der Waals surface area contributed by atoms with E-state index in [-0.39, 0.29) is 0 Å². The highest BCUT2D eigenvalue weighted by molar-refractivity contribution is 6.17. The third-order valence-electron chi connectivity index (χ3n) is 2.66. The number of aryl methyl sites for hydroxylation is 1. The van der Waals surface area contributed by atoms with Crippen LogP contribution in [0.15, 0.2) is 36.4 Å². The molecule has 0 saturated carbocycles. The van der Waals surface area contributed by atoms with E-state index < -0.39 is 0 Å². The summed E-state index contributed by atoms with van der Waals surface area (Å²) >= 11 is 5.79. The Morgan fingerprint density at radius 3 is 2.74 bits per heavy atom. The van der Waals surface area contributed by atoms with Gasteiger partial charge < -0.3 is 9.47 Å². The zero-order valence-corrected chi connectivity index (χ0v) is 11.8. The monoisotopic (exact) mass is 277 g/mol. The van der Waals surface area contributed by atoms with Gasteiger partial charge in [0.1, 0.15) is 18.1 Å². The Balaban J connectivity index is 2.07. The normalized spacial score (nSPS) is 10.3. The van der Waals surface area contributed by atoms with Crippen LogP contribution in [-0.2, 0) is 12.5 Å². The van der Waals surface area contributed by atoms with Crippen LogP contribution in [0, 0.1) is 6.92 Å². The van der Waals surface area contributed by atoms with Crippen molar-refractivity contribution in [3.05, 3.63) is 53.3 Å². The maximum absolute atomic E-state index is 5.79. The zero-order valence-electron chi connectivity index (χ0n) is 11.0. The smallest absolute Gasteiger partial charge is 0.130 e. The van der Waals surface area contributed by atoms with Crippen LogP contribution in [0.1, 0.15) is 17.0 Å². The van der Waals surface area contributed by atoms with Gasteiger partial charge in [-0.05, 0) is 24.6 Å². The van der Waals surface area contributed by atoms with E-state index in [1.54, 1.807) is 7.11 Å². The largest absolute Gasteiger partial charge is 0.497 e. The average molecular weight is 278 g/mol. The zero-order chi connectivity index (χ0) is 13.7. The Kier molecular flexibility index (Phi) is 4.63. The van der Waals surface area contributed by atoms with Crippen molar-refractivity contribution in [2.75, 3.05) is 7.11 Å². The van der Waals surface area contributed by atoms with Crippen molar-refractivity contribution in [2.45, 2.75) is 19.4 Å². The lowest BCUT2D eigenvalue weighted by molar-refractivity contribution is 0.299. The van der Waals surface area contributed by atoms with Crippen LogP contribution in [-0.4, -0.2) is 12.1 Å². The molecule has 0 atom stereocenters. The van der Waals surface area contributed by atoms with Crippen molar-refractivity contribution in [2.24, 2.45) is 0 Å². The fraction of sp³-hybridized carbons (Fsp3) is 0.267. The lowest BCUT2D eigenvalue weighted by Gasteiger charge is -2.09. The summed E-state index contributed by atoms with van der Waals surface area (Å²) in [7, 11) is 1.64. The van der Waals surface area contributed by atoms with Gasteiger partial charge in [0, 0.05) is 23.7 Å². The van der Waals surface area contributed by atoms with Gasteiger partial charge in [-0.2, -0.15) is 0 Å². The van der Waals surface area contributed by atoms with Crippen LogP contribution in [0.25, 0.3) is 0 Å². The molecule has 0 radical (unpaired) electrons. The number of rotatable bonds is 5. The molecule has 1 aromatic heterocycles. The van der Waals surface area contributed by atoms with Gasteiger partial charge in [0.05, 0.1) is 12.8 Å². The number of halogens is 1. The number of methoxy groups -OCH3 is 1. The minimum Gasteiger partial charge on any atom is -0.497 e. The maximum Gasteiger partial charge on any atom is 0.130 e. The molecule has 0 bridgehead atoms. The second-order valence-electron chi connectivity index (χ2n) is 4.21. The summed E-state index contributed by atoms with van der Waals surface area (Å²) in [6, 6.07) is 11.5. The summed E-state index contributed by atoms with van der Waals surface area (Å²) in [6.07, 6.45) is 0. The number of pyridine rings is 1. The number of ether oxygens (including phenoxy) is 2. The molecule has 0 N–H and O–H groups in total. The highest BCUT2D eigenvalue weighted by Gasteiger charge is 2.02. The summed E-state index contributed by atoms with van der Waals surface area (Å²) in [6.45, 7) is 2.34. The van der Waals surface area contributed by atoms with Crippen LogP contribution in [0.2, 0.25) is 0 Å². The van der Waals surface area contributed by atoms with Gasteiger partial charge in [-0.3, -0.25) is 4.98 Å². The molecule has 4 heteroatoms. The van der Waals surface area contributed by atoms with Gasteiger partial charge in [-0.25, -0.2) is 0 Å². The summed E-state index contributed by atoms with van der Waals surface area (Å²) in [4.78, 5) is 4.41. The van der Waals surface area contributed by atoms with E-state index in [2.05, 4.69) is 4.98 Å². The topological polar surface area (TPSA) is 31.4 Å². The van der Waals surface area contributed by atoms with Gasteiger partial charge >= 0.3 is 0 Å². The van der Waals surface area contributed by atoms with E-state index in [1.807, 2.05) is 43.3 Å². The van der Waals surface area contributed by atoms with Gasteiger partial charge in [-0.15, -0.1) is 11.6 Å². The van der Waals surface area contributed by atoms with Crippen molar-refractivity contribution >= 4 is 11.6 Å². The van der Waals surface area contributed by atoms with Crippen molar-refractivity contribution in [1.82, 2.24) is 4.98 Å². The quantitative estimate of drug-likeness (QED) is 0.781. The Bertz CT molecular complexity index is 558. The molecule has 0 fully saturated rings. The predicted octanol–water partition coefficient (Wildman–Crippen LogP) is 3.72. The van der Waals surface area contributed by atoms with Gasteiger partial charge in [0.25, 0.3) is 0 Å². The number of hydrogen-bond donors (Lipinski definition) is 0. The third kappa shape index (κ3) is 3.86. The molecule has 0 aliphatic heterocycles. The van der Waals surface area contributed by atoms with Crippen LogP contribution in [0.5, 0.6) is 11.5 Å². The third-order valence-corrected chi connectivity index (χ3v) is 2.96. The highest BCUT2D eigenvalue weighted by Crippen LogP contribution is 2.18. The van der Waals surface area contributed by atoms with E-state index in [9.17, 15) is 0 Å². The minimum atomic E-state index is 0.407. The Hall–Kier alpha value is -1.74. The molecule has 0 aliphatic rings. The molecule has 100 valence electrons. The molecule has 0 saturated heterocycles. The van der Waals surface area contributed by atoms with Crippen molar-refractivity contribution in [1.29, 1.82) is 0 Å². The number of benzene rings is 1. The Morgan fingerprint density at radius 1 is 1.16 bits per heavy atom. The number of nitrogens with zero attached hydrogens (tertiary/aromatic N) is 1.